The highest BCUT2D eigenvalue weighted by molar-refractivity contribution is 5.94. The topological polar surface area (TPSA) is 87.3 Å². The maximum absolute atomic E-state index is 12.9. The molecule has 156 valence electrons. The Labute approximate surface area is 167 Å². The van der Waals surface area contributed by atoms with Crippen LogP contribution < -0.4 is 10.9 Å². The van der Waals surface area contributed by atoms with E-state index in [1.807, 2.05) is 20.8 Å². The van der Waals surface area contributed by atoms with E-state index < -0.39 is 0 Å². The Kier molecular flexibility index (Phi) is 6.25. The first-order valence-electron chi connectivity index (χ1n) is 10.5. The SMILES string of the molecule is Cc1nc(C(C)(C)C)[nH]c(=O)c1C(=O)NCC1(N2CCCCC2)CCOCC1. The smallest absolute Gasteiger partial charge is 0.264 e. The molecule has 3 rings (SSSR count). The summed E-state index contributed by atoms with van der Waals surface area (Å²) in [6.45, 7) is 11.8. The number of aromatic nitrogens is 2. The number of carbonyl (C=O) groups is 1. The number of H-pyrrole nitrogens is 1. The zero-order valence-corrected chi connectivity index (χ0v) is 17.7. The summed E-state index contributed by atoms with van der Waals surface area (Å²) in [4.78, 5) is 35.3. The fourth-order valence-electron chi connectivity index (χ4n) is 4.27. The highest BCUT2D eigenvalue weighted by Gasteiger charge is 2.39. The van der Waals surface area contributed by atoms with Crippen LogP contribution in [0.4, 0.5) is 0 Å². The quantitative estimate of drug-likeness (QED) is 0.822. The number of ether oxygens (including phenoxy) is 1. The average Bonchev–Trinajstić information content (AvgIpc) is 2.66. The van der Waals surface area contributed by atoms with E-state index >= 15 is 0 Å². The first-order valence-corrected chi connectivity index (χ1v) is 10.5. The number of carbonyl (C=O) groups excluding carboxylic acids is 1. The zero-order valence-electron chi connectivity index (χ0n) is 17.7. The minimum Gasteiger partial charge on any atom is -0.381 e. The Morgan fingerprint density at radius 1 is 1.21 bits per heavy atom. The molecule has 7 heteroatoms. The second kappa shape index (κ2) is 8.33. The third-order valence-corrected chi connectivity index (χ3v) is 6.07. The van der Waals surface area contributed by atoms with Gasteiger partial charge in [-0.15, -0.1) is 0 Å². The summed E-state index contributed by atoms with van der Waals surface area (Å²) in [5.74, 6) is 0.260. The van der Waals surface area contributed by atoms with Crippen LogP contribution in [-0.2, 0) is 10.2 Å². The van der Waals surface area contributed by atoms with Gasteiger partial charge >= 0.3 is 0 Å². The lowest BCUT2D eigenvalue weighted by Gasteiger charge is -2.48. The van der Waals surface area contributed by atoms with Crippen LogP contribution in [-0.4, -0.2) is 59.2 Å². The molecule has 2 saturated heterocycles. The molecule has 1 aromatic heterocycles. The second-order valence-corrected chi connectivity index (χ2v) is 9.19. The van der Waals surface area contributed by atoms with Crippen molar-refractivity contribution in [2.24, 2.45) is 0 Å². The van der Waals surface area contributed by atoms with Crippen molar-refractivity contribution in [3.63, 3.8) is 0 Å². The maximum Gasteiger partial charge on any atom is 0.264 e. The number of nitrogens with zero attached hydrogens (tertiary/aromatic N) is 2. The minimum absolute atomic E-state index is 0.0756. The number of amides is 1. The van der Waals surface area contributed by atoms with Crippen molar-refractivity contribution in [3.05, 3.63) is 27.4 Å². The summed E-state index contributed by atoms with van der Waals surface area (Å²) in [5, 5.41) is 3.05. The van der Waals surface area contributed by atoms with Crippen LogP contribution in [0.15, 0.2) is 4.79 Å². The van der Waals surface area contributed by atoms with E-state index in [0.717, 1.165) is 25.9 Å². The predicted octanol–water partition coefficient (Wildman–Crippen LogP) is 2.14. The summed E-state index contributed by atoms with van der Waals surface area (Å²) in [7, 11) is 0. The van der Waals surface area contributed by atoms with E-state index in [2.05, 4.69) is 20.2 Å². The largest absolute Gasteiger partial charge is 0.381 e. The van der Waals surface area contributed by atoms with E-state index in [4.69, 9.17) is 4.74 Å². The van der Waals surface area contributed by atoms with E-state index in [-0.39, 0.29) is 28.0 Å². The minimum atomic E-state index is -0.367. The standard InChI is InChI=1S/C21H34N4O3/c1-15-16(18(27)24-19(23-15)20(2,3)4)17(26)22-14-21(8-12-28-13-9-21)25-10-6-5-7-11-25/h5-14H2,1-4H3,(H,22,26)(H,23,24,27). The monoisotopic (exact) mass is 390 g/mol. The van der Waals surface area contributed by atoms with Crippen molar-refractivity contribution in [2.75, 3.05) is 32.8 Å². The number of aryl methyl sites for hydroxylation is 1. The highest BCUT2D eigenvalue weighted by atomic mass is 16.5. The van der Waals surface area contributed by atoms with E-state index in [0.29, 0.717) is 31.3 Å². The van der Waals surface area contributed by atoms with Gasteiger partial charge in [-0.05, 0) is 45.7 Å². The molecule has 2 aliphatic heterocycles. The molecule has 2 fully saturated rings. The predicted molar refractivity (Wildman–Crippen MR) is 109 cm³/mol. The zero-order chi connectivity index (χ0) is 20.4. The molecule has 2 N–H and O–H groups in total. The van der Waals surface area contributed by atoms with Gasteiger partial charge in [0.25, 0.3) is 11.5 Å². The van der Waals surface area contributed by atoms with Gasteiger partial charge in [0, 0.05) is 30.7 Å². The van der Waals surface area contributed by atoms with Gasteiger partial charge in [-0.3, -0.25) is 14.5 Å². The van der Waals surface area contributed by atoms with Crippen LogP contribution in [0.1, 0.15) is 74.8 Å². The van der Waals surface area contributed by atoms with Gasteiger partial charge in [0.05, 0.1) is 5.69 Å². The van der Waals surface area contributed by atoms with Crippen LogP contribution in [0.2, 0.25) is 0 Å². The van der Waals surface area contributed by atoms with Crippen LogP contribution in [0.25, 0.3) is 0 Å². The number of hydrogen-bond donors (Lipinski definition) is 2. The first-order chi connectivity index (χ1) is 13.2. The third kappa shape index (κ3) is 4.46. The Hall–Kier alpha value is -1.73. The second-order valence-electron chi connectivity index (χ2n) is 9.19. The molecule has 0 aliphatic carbocycles. The number of hydrogen-bond acceptors (Lipinski definition) is 5. The Balaban J connectivity index is 1.77. The van der Waals surface area contributed by atoms with E-state index in [1.165, 1.54) is 19.3 Å². The molecular weight excluding hydrogens is 356 g/mol. The Bertz CT molecular complexity index is 754. The molecule has 1 amide bonds. The molecule has 3 heterocycles. The molecule has 1 aromatic rings. The van der Waals surface area contributed by atoms with Gasteiger partial charge in [-0.1, -0.05) is 27.2 Å². The molecule has 0 saturated carbocycles. The van der Waals surface area contributed by atoms with Crippen LogP contribution in [0, 0.1) is 6.92 Å². The molecule has 0 spiro atoms. The van der Waals surface area contributed by atoms with Crippen molar-refractivity contribution in [1.29, 1.82) is 0 Å². The summed E-state index contributed by atoms with van der Waals surface area (Å²) < 4.78 is 5.59. The number of piperidine rings is 1. The van der Waals surface area contributed by atoms with E-state index in [9.17, 15) is 9.59 Å². The third-order valence-electron chi connectivity index (χ3n) is 6.07. The first kappa shape index (κ1) is 21.0. The molecular formula is C21H34N4O3. The molecule has 0 radical (unpaired) electrons. The van der Waals surface area contributed by atoms with Crippen molar-refractivity contribution in [1.82, 2.24) is 20.2 Å². The van der Waals surface area contributed by atoms with Gasteiger partial charge < -0.3 is 15.0 Å². The summed E-state index contributed by atoms with van der Waals surface area (Å²) in [6.07, 6.45) is 5.49. The van der Waals surface area contributed by atoms with Crippen LogP contribution in [0.5, 0.6) is 0 Å². The molecule has 28 heavy (non-hydrogen) atoms. The van der Waals surface area contributed by atoms with E-state index in [1.54, 1.807) is 6.92 Å². The fourth-order valence-corrected chi connectivity index (χ4v) is 4.27. The van der Waals surface area contributed by atoms with Crippen molar-refractivity contribution in [3.8, 4) is 0 Å². The summed E-state index contributed by atoms with van der Waals surface area (Å²) in [5.41, 5.74) is -0.124. The van der Waals surface area contributed by atoms with Crippen molar-refractivity contribution < 1.29 is 9.53 Å². The molecule has 7 nitrogen and oxygen atoms in total. The van der Waals surface area contributed by atoms with Gasteiger partial charge in [-0.2, -0.15) is 0 Å². The fraction of sp³-hybridized carbons (Fsp3) is 0.762. The van der Waals surface area contributed by atoms with Crippen molar-refractivity contribution in [2.45, 2.75) is 70.8 Å². The van der Waals surface area contributed by atoms with Gasteiger partial charge in [0.1, 0.15) is 11.4 Å². The Morgan fingerprint density at radius 3 is 2.43 bits per heavy atom. The van der Waals surface area contributed by atoms with Crippen LogP contribution in [0.3, 0.4) is 0 Å². The summed E-state index contributed by atoms with van der Waals surface area (Å²) >= 11 is 0. The van der Waals surface area contributed by atoms with Crippen molar-refractivity contribution >= 4 is 5.91 Å². The lowest BCUT2D eigenvalue weighted by Crippen LogP contribution is -2.59. The highest BCUT2D eigenvalue weighted by Crippen LogP contribution is 2.30. The van der Waals surface area contributed by atoms with Gasteiger partial charge in [0.2, 0.25) is 0 Å². The van der Waals surface area contributed by atoms with Gasteiger partial charge in [-0.25, -0.2) is 4.98 Å². The average molecular weight is 391 g/mol. The lowest BCUT2D eigenvalue weighted by atomic mass is 9.86. The summed E-state index contributed by atoms with van der Waals surface area (Å²) in [6, 6.07) is 0. The molecule has 0 atom stereocenters. The number of nitrogens with one attached hydrogen (secondary N) is 2. The van der Waals surface area contributed by atoms with Gasteiger partial charge in [0.15, 0.2) is 0 Å². The Morgan fingerprint density at radius 2 is 1.86 bits per heavy atom. The number of rotatable bonds is 4. The lowest BCUT2D eigenvalue weighted by molar-refractivity contribution is -0.0349. The molecule has 0 aromatic carbocycles. The molecule has 0 unspecified atom stereocenters. The van der Waals surface area contributed by atoms with Crippen LogP contribution >= 0.6 is 0 Å². The number of likely N-dealkylation sites (tertiary alicyclic amines) is 1. The maximum atomic E-state index is 12.9. The number of aromatic amines is 1. The normalized spacial score (nSPS) is 20.7. The molecule has 2 aliphatic rings. The molecule has 0 bridgehead atoms.